The number of aromatic nitrogens is 1. The van der Waals surface area contributed by atoms with Crippen molar-refractivity contribution in [2.45, 2.75) is 39.2 Å². The minimum Gasteiger partial charge on any atom is -0.477 e. The zero-order chi connectivity index (χ0) is 16.1. The number of ether oxygens (including phenoxy) is 1. The highest BCUT2D eigenvalue weighted by atomic mass is 127. The monoisotopic (exact) mass is 444 g/mol. The van der Waals surface area contributed by atoms with Gasteiger partial charge in [-0.25, -0.2) is 4.98 Å². The second-order valence-corrected chi connectivity index (χ2v) is 6.85. The van der Waals surface area contributed by atoms with E-state index in [0.29, 0.717) is 0 Å². The molecule has 1 atom stereocenters. The Balaban J connectivity index is 0.00000208. The minimum atomic E-state index is 0. The van der Waals surface area contributed by atoms with Gasteiger partial charge in [-0.15, -0.1) is 24.0 Å². The average Bonchev–Trinajstić information content (AvgIpc) is 3.38. The van der Waals surface area contributed by atoms with Crippen LogP contribution < -0.4 is 10.1 Å². The van der Waals surface area contributed by atoms with Gasteiger partial charge in [-0.3, -0.25) is 4.99 Å². The Morgan fingerprint density at radius 1 is 1.42 bits per heavy atom. The van der Waals surface area contributed by atoms with Crippen LogP contribution in [0.3, 0.4) is 0 Å². The predicted octanol–water partition coefficient (Wildman–Crippen LogP) is 3.30. The standard InChI is InChI=1S/C18H28N4O.HI/c1-14-4-3-9-22(12-14)18(19-2)21-11-16-7-8-20-17(10-16)23-13-15-5-6-15;/h7-8,10,14-15H,3-6,9,11-13H2,1-2H3,(H,19,21);1H. The normalized spacial score (nSPS) is 21.2. The molecule has 3 rings (SSSR count). The number of nitrogens with zero attached hydrogens (tertiary/aromatic N) is 3. The number of guanidine groups is 1. The third kappa shape index (κ3) is 5.79. The molecule has 1 N–H and O–H groups in total. The van der Waals surface area contributed by atoms with Crippen molar-refractivity contribution in [2.24, 2.45) is 16.8 Å². The largest absolute Gasteiger partial charge is 0.477 e. The van der Waals surface area contributed by atoms with Crippen molar-refractivity contribution in [3.8, 4) is 5.88 Å². The molecule has 1 unspecified atom stereocenters. The molecular weight excluding hydrogens is 415 g/mol. The van der Waals surface area contributed by atoms with Gasteiger partial charge in [-0.1, -0.05) is 6.92 Å². The maximum absolute atomic E-state index is 5.75. The van der Waals surface area contributed by atoms with E-state index in [1.54, 1.807) is 0 Å². The van der Waals surface area contributed by atoms with Crippen molar-refractivity contribution >= 4 is 29.9 Å². The van der Waals surface area contributed by atoms with Crippen LogP contribution in [-0.4, -0.2) is 42.6 Å². The van der Waals surface area contributed by atoms with Gasteiger partial charge in [0.05, 0.1) is 6.61 Å². The SMILES string of the molecule is CN=C(NCc1ccnc(OCC2CC2)c1)N1CCCC(C)C1.I. The van der Waals surface area contributed by atoms with Gasteiger partial charge in [0.15, 0.2) is 5.96 Å². The number of halogens is 1. The maximum atomic E-state index is 5.75. The van der Waals surface area contributed by atoms with E-state index in [1.165, 1.54) is 31.2 Å². The smallest absolute Gasteiger partial charge is 0.213 e. The summed E-state index contributed by atoms with van der Waals surface area (Å²) in [7, 11) is 1.86. The van der Waals surface area contributed by atoms with E-state index >= 15 is 0 Å². The van der Waals surface area contributed by atoms with Gasteiger partial charge in [0.2, 0.25) is 5.88 Å². The molecule has 24 heavy (non-hydrogen) atoms. The van der Waals surface area contributed by atoms with E-state index in [4.69, 9.17) is 4.74 Å². The van der Waals surface area contributed by atoms with Crippen LogP contribution >= 0.6 is 24.0 Å². The topological polar surface area (TPSA) is 49.8 Å². The molecule has 1 aromatic rings. The number of likely N-dealkylation sites (tertiary alicyclic amines) is 1. The van der Waals surface area contributed by atoms with Crippen LogP contribution in [0.25, 0.3) is 0 Å². The van der Waals surface area contributed by atoms with Gasteiger partial charge >= 0.3 is 0 Å². The zero-order valence-electron chi connectivity index (χ0n) is 14.7. The van der Waals surface area contributed by atoms with E-state index in [1.807, 2.05) is 25.4 Å². The molecule has 0 amide bonds. The van der Waals surface area contributed by atoms with Crippen molar-refractivity contribution in [1.82, 2.24) is 15.2 Å². The molecule has 2 aliphatic rings. The van der Waals surface area contributed by atoms with E-state index in [0.717, 1.165) is 49.9 Å². The van der Waals surface area contributed by atoms with Crippen LogP contribution in [0.2, 0.25) is 0 Å². The van der Waals surface area contributed by atoms with Gasteiger partial charge in [-0.05, 0) is 49.1 Å². The summed E-state index contributed by atoms with van der Waals surface area (Å²) >= 11 is 0. The van der Waals surface area contributed by atoms with Gasteiger partial charge in [0.25, 0.3) is 0 Å². The lowest BCUT2D eigenvalue weighted by molar-refractivity contribution is 0.266. The molecule has 5 nitrogen and oxygen atoms in total. The predicted molar refractivity (Wildman–Crippen MR) is 108 cm³/mol. The van der Waals surface area contributed by atoms with Crippen molar-refractivity contribution in [3.63, 3.8) is 0 Å². The number of hydrogen-bond acceptors (Lipinski definition) is 3. The second kappa shape index (κ2) is 9.44. The summed E-state index contributed by atoms with van der Waals surface area (Å²) in [4.78, 5) is 11.1. The number of rotatable bonds is 5. The number of nitrogens with one attached hydrogen (secondary N) is 1. The molecule has 1 aliphatic carbocycles. The van der Waals surface area contributed by atoms with Gasteiger partial charge in [-0.2, -0.15) is 0 Å². The maximum Gasteiger partial charge on any atom is 0.213 e. The summed E-state index contributed by atoms with van der Waals surface area (Å²) in [5.74, 6) is 3.22. The zero-order valence-corrected chi connectivity index (χ0v) is 17.0. The number of aliphatic imine (C=N–C) groups is 1. The second-order valence-electron chi connectivity index (χ2n) is 6.85. The highest BCUT2D eigenvalue weighted by Crippen LogP contribution is 2.29. The number of pyridine rings is 1. The van der Waals surface area contributed by atoms with Crippen molar-refractivity contribution in [3.05, 3.63) is 23.9 Å². The lowest BCUT2D eigenvalue weighted by Gasteiger charge is -2.33. The number of piperidine rings is 1. The fourth-order valence-electron chi connectivity index (χ4n) is 3.02. The number of hydrogen-bond donors (Lipinski definition) is 1. The third-order valence-corrected chi connectivity index (χ3v) is 4.58. The Labute approximate surface area is 162 Å². The van der Waals surface area contributed by atoms with E-state index < -0.39 is 0 Å². The summed E-state index contributed by atoms with van der Waals surface area (Å²) < 4.78 is 5.75. The van der Waals surface area contributed by atoms with Crippen LogP contribution in [0.1, 0.15) is 38.2 Å². The Morgan fingerprint density at radius 3 is 2.96 bits per heavy atom. The van der Waals surface area contributed by atoms with Crippen LogP contribution in [0, 0.1) is 11.8 Å². The molecule has 134 valence electrons. The molecule has 1 saturated heterocycles. The Bertz CT molecular complexity index is 548. The van der Waals surface area contributed by atoms with Gasteiger partial charge < -0.3 is 15.0 Å². The summed E-state index contributed by atoms with van der Waals surface area (Å²) in [5.41, 5.74) is 1.18. The fourth-order valence-corrected chi connectivity index (χ4v) is 3.02. The Morgan fingerprint density at radius 2 is 2.25 bits per heavy atom. The van der Waals surface area contributed by atoms with Crippen molar-refractivity contribution < 1.29 is 4.74 Å². The van der Waals surface area contributed by atoms with E-state index in [9.17, 15) is 0 Å². The molecule has 2 fully saturated rings. The lowest BCUT2D eigenvalue weighted by atomic mass is 10.0. The minimum absolute atomic E-state index is 0. The van der Waals surface area contributed by atoms with E-state index in [-0.39, 0.29) is 24.0 Å². The van der Waals surface area contributed by atoms with Gasteiger partial charge in [0, 0.05) is 38.9 Å². The average molecular weight is 444 g/mol. The summed E-state index contributed by atoms with van der Waals surface area (Å²) in [6, 6.07) is 4.06. The highest BCUT2D eigenvalue weighted by Gasteiger charge is 2.22. The molecule has 0 bridgehead atoms. The van der Waals surface area contributed by atoms with Crippen LogP contribution in [0.5, 0.6) is 5.88 Å². The van der Waals surface area contributed by atoms with Crippen molar-refractivity contribution in [2.75, 3.05) is 26.7 Å². The molecule has 2 heterocycles. The third-order valence-electron chi connectivity index (χ3n) is 4.58. The molecular formula is C18H29IN4O. The first kappa shape index (κ1) is 19.3. The van der Waals surface area contributed by atoms with E-state index in [2.05, 4.69) is 27.1 Å². The molecule has 0 spiro atoms. The molecule has 6 heteroatoms. The van der Waals surface area contributed by atoms with Crippen LogP contribution in [-0.2, 0) is 6.54 Å². The lowest BCUT2D eigenvalue weighted by Crippen LogP contribution is -2.45. The summed E-state index contributed by atoms with van der Waals surface area (Å²) in [6.45, 7) is 6.05. The summed E-state index contributed by atoms with van der Waals surface area (Å²) in [6.07, 6.45) is 6.98. The molecule has 0 aromatic carbocycles. The molecule has 1 aromatic heterocycles. The molecule has 1 saturated carbocycles. The first-order valence-corrected chi connectivity index (χ1v) is 8.78. The van der Waals surface area contributed by atoms with Crippen LogP contribution in [0.4, 0.5) is 0 Å². The Kier molecular flexibility index (Phi) is 7.58. The van der Waals surface area contributed by atoms with Crippen molar-refractivity contribution in [1.29, 1.82) is 0 Å². The first-order valence-electron chi connectivity index (χ1n) is 8.78. The quantitative estimate of drug-likeness (QED) is 0.430. The van der Waals surface area contributed by atoms with Crippen LogP contribution in [0.15, 0.2) is 23.3 Å². The first-order chi connectivity index (χ1) is 11.2. The Hall–Kier alpha value is -1.05. The molecule has 1 aliphatic heterocycles. The van der Waals surface area contributed by atoms with Gasteiger partial charge in [0.1, 0.15) is 0 Å². The molecule has 0 radical (unpaired) electrons. The summed E-state index contributed by atoms with van der Waals surface area (Å²) in [5, 5.41) is 3.47. The fraction of sp³-hybridized carbons (Fsp3) is 0.667. The highest BCUT2D eigenvalue weighted by molar-refractivity contribution is 14.0.